The summed E-state index contributed by atoms with van der Waals surface area (Å²) in [5.74, 6) is 0. The number of hydrogen-bond donors (Lipinski definition) is 0. The second kappa shape index (κ2) is 3.57. The van der Waals surface area contributed by atoms with E-state index >= 15 is 0 Å². The van der Waals surface area contributed by atoms with E-state index in [1.54, 1.807) is 0 Å². The summed E-state index contributed by atoms with van der Waals surface area (Å²) in [7, 11) is 0. The van der Waals surface area contributed by atoms with Crippen molar-refractivity contribution in [3.63, 3.8) is 0 Å². The summed E-state index contributed by atoms with van der Waals surface area (Å²) < 4.78 is 0. The summed E-state index contributed by atoms with van der Waals surface area (Å²) in [6, 6.07) is 4.45. The van der Waals surface area contributed by atoms with E-state index in [1.807, 2.05) is 6.92 Å². The van der Waals surface area contributed by atoms with Crippen LogP contribution < -0.4 is 0 Å². The Bertz CT molecular complexity index is 283. The maximum Gasteiger partial charge on any atom is -0.0254 e. The molecule has 0 radical (unpaired) electrons. The van der Waals surface area contributed by atoms with E-state index < -0.39 is 0 Å². The summed E-state index contributed by atoms with van der Waals surface area (Å²) in [6.07, 6.45) is 4.21. The number of aryl methyl sites for hydroxylation is 2. The first-order chi connectivity index (χ1) is 5.65. The third-order valence-corrected chi connectivity index (χ3v) is 2.31. The van der Waals surface area contributed by atoms with Crippen molar-refractivity contribution in [2.45, 2.75) is 27.7 Å². The molecule has 0 nitrogen and oxygen atoms in total. The SMILES string of the molecule is C/C=C/c1cc(C)c(C)c(C)c1. The van der Waals surface area contributed by atoms with Gasteiger partial charge < -0.3 is 0 Å². The van der Waals surface area contributed by atoms with E-state index in [1.165, 1.54) is 22.3 Å². The summed E-state index contributed by atoms with van der Waals surface area (Å²) in [5.41, 5.74) is 5.47. The van der Waals surface area contributed by atoms with Gasteiger partial charge in [0.2, 0.25) is 0 Å². The largest absolute Gasteiger partial charge is 0.0871 e. The second-order valence-corrected chi connectivity index (χ2v) is 3.28. The van der Waals surface area contributed by atoms with Gasteiger partial charge in [-0.15, -0.1) is 0 Å². The molecular formula is C12H16. The van der Waals surface area contributed by atoms with Crippen molar-refractivity contribution in [2.24, 2.45) is 0 Å². The fourth-order valence-corrected chi connectivity index (χ4v) is 1.36. The van der Waals surface area contributed by atoms with Gasteiger partial charge in [0.1, 0.15) is 0 Å². The quantitative estimate of drug-likeness (QED) is 0.588. The Morgan fingerprint density at radius 2 is 1.50 bits per heavy atom. The molecule has 0 atom stereocenters. The molecule has 12 heavy (non-hydrogen) atoms. The van der Waals surface area contributed by atoms with Crippen LogP contribution in [0, 0.1) is 20.8 Å². The first-order valence-electron chi connectivity index (χ1n) is 4.35. The Morgan fingerprint density at radius 3 is 1.92 bits per heavy atom. The standard InChI is InChI=1S/C12H16/c1-5-6-12-7-9(2)11(4)10(3)8-12/h5-8H,1-4H3/b6-5+. The first-order valence-corrected chi connectivity index (χ1v) is 4.35. The fraction of sp³-hybridized carbons (Fsp3) is 0.333. The maximum atomic E-state index is 2.22. The zero-order chi connectivity index (χ0) is 9.14. The van der Waals surface area contributed by atoms with Gasteiger partial charge in [0.15, 0.2) is 0 Å². The molecule has 0 saturated heterocycles. The van der Waals surface area contributed by atoms with Gasteiger partial charge in [0.05, 0.1) is 0 Å². The van der Waals surface area contributed by atoms with Gasteiger partial charge in [0, 0.05) is 0 Å². The summed E-state index contributed by atoms with van der Waals surface area (Å²) >= 11 is 0. The van der Waals surface area contributed by atoms with Crippen molar-refractivity contribution in [2.75, 3.05) is 0 Å². The highest BCUT2D eigenvalue weighted by Crippen LogP contribution is 2.16. The van der Waals surface area contributed by atoms with Crippen molar-refractivity contribution in [1.29, 1.82) is 0 Å². The van der Waals surface area contributed by atoms with Crippen LogP contribution in [0.5, 0.6) is 0 Å². The molecular weight excluding hydrogens is 144 g/mol. The molecule has 0 N–H and O–H groups in total. The van der Waals surface area contributed by atoms with Crippen molar-refractivity contribution in [1.82, 2.24) is 0 Å². The van der Waals surface area contributed by atoms with Gasteiger partial charge in [-0.25, -0.2) is 0 Å². The lowest BCUT2D eigenvalue weighted by atomic mass is 10.0. The van der Waals surface area contributed by atoms with Gasteiger partial charge in [-0.05, 0) is 49.9 Å². The maximum absolute atomic E-state index is 2.22. The van der Waals surface area contributed by atoms with Crippen molar-refractivity contribution < 1.29 is 0 Å². The van der Waals surface area contributed by atoms with Crippen LogP contribution in [-0.4, -0.2) is 0 Å². The predicted octanol–water partition coefficient (Wildman–Crippen LogP) is 3.64. The summed E-state index contributed by atoms with van der Waals surface area (Å²) in [4.78, 5) is 0. The van der Waals surface area contributed by atoms with E-state index in [4.69, 9.17) is 0 Å². The molecule has 0 bridgehead atoms. The smallest absolute Gasteiger partial charge is 0.0254 e. The van der Waals surface area contributed by atoms with Crippen molar-refractivity contribution >= 4 is 6.08 Å². The van der Waals surface area contributed by atoms with Crippen LogP contribution in [0.4, 0.5) is 0 Å². The molecule has 1 aromatic rings. The molecule has 1 rings (SSSR count). The second-order valence-electron chi connectivity index (χ2n) is 3.28. The topological polar surface area (TPSA) is 0 Å². The molecule has 0 aliphatic heterocycles. The lowest BCUT2D eigenvalue weighted by molar-refractivity contribution is 1.26. The average molecular weight is 160 g/mol. The highest BCUT2D eigenvalue weighted by molar-refractivity contribution is 5.53. The fourth-order valence-electron chi connectivity index (χ4n) is 1.36. The van der Waals surface area contributed by atoms with Crippen LogP contribution >= 0.6 is 0 Å². The molecule has 0 fully saturated rings. The summed E-state index contributed by atoms with van der Waals surface area (Å²) in [6.45, 7) is 8.54. The zero-order valence-corrected chi connectivity index (χ0v) is 8.31. The van der Waals surface area contributed by atoms with Crippen LogP contribution in [0.15, 0.2) is 18.2 Å². The van der Waals surface area contributed by atoms with Crippen molar-refractivity contribution in [3.8, 4) is 0 Å². The molecule has 0 spiro atoms. The minimum atomic E-state index is 1.30. The highest BCUT2D eigenvalue weighted by Gasteiger charge is 1.97. The molecule has 0 heterocycles. The number of hydrogen-bond acceptors (Lipinski definition) is 0. The van der Waals surface area contributed by atoms with Crippen molar-refractivity contribution in [3.05, 3.63) is 40.5 Å². The van der Waals surface area contributed by atoms with Gasteiger partial charge in [-0.2, -0.15) is 0 Å². The molecule has 64 valence electrons. The van der Waals surface area contributed by atoms with E-state index in [0.717, 1.165) is 0 Å². The minimum absolute atomic E-state index is 1.30. The van der Waals surface area contributed by atoms with E-state index in [9.17, 15) is 0 Å². The van der Waals surface area contributed by atoms with Gasteiger partial charge >= 0.3 is 0 Å². The Labute approximate surface area is 74.9 Å². The first kappa shape index (κ1) is 9.05. The molecule has 1 aromatic carbocycles. The molecule has 0 amide bonds. The highest BCUT2D eigenvalue weighted by atomic mass is 14.0. The molecule has 0 unspecified atom stereocenters. The minimum Gasteiger partial charge on any atom is -0.0871 e. The van der Waals surface area contributed by atoms with E-state index in [2.05, 4.69) is 45.1 Å². The van der Waals surface area contributed by atoms with Crippen LogP contribution in [0.3, 0.4) is 0 Å². The Morgan fingerprint density at radius 1 is 1.00 bits per heavy atom. The van der Waals surface area contributed by atoms with Crippen LogP contribution in [0.2, 0.25) is 0 Å². The molecule has 0 aliphatic rings. The zero-order valence-electron chi connectivity index (χ0n) is 8.31. The summed E-state index contributed by atoms with van der Waals surface area (Å²) in [5, 5.41) is 0. The van der Waals surface area contributed by atoms with E-state index in [-0.39, 0.29) is 0 Å². The molecule has 0 heteroatoms. The predicted molar refractivity (Wildman–Crippen MR) is 55.4 cm³/mol. The lowest BCUT2D eigenvalue weighted by Crippen LogP contribution is -1.87. The van der Waals surface area contributed by atoms with Crippen LogP contribution in [0.25, 0.3) is 6.08 Å². The van der Waals surface area contributed by atoms with E-state index in [0.29, 0.717) is 0 Å². The third kappa shape index (κ3) is 1.76. The third-order valence-electron chi connectivity index (χ3n) is 2.31. The number of allylic oxidation sites excluding steroid dienone is 1. The molecule has 0 aromatic heterocycles. The Hall–Kier alpha value is -1.04. The Balaban J connectivity index is 3.21. The number of rotatable bonds is 1. The van der Waals surface area contributed by atoms with Crippen LogP contribution in [-0.2, 0) is 0 Å². The number of benzene rings is 1. The Kier molecular flexibility index (Phi) is 2.69. The normalized spacial score (nSPS) is 11.0. The van der Waals surface area contributed by atoms with Gasteiger partial charge in [-0.1, -0.05) is 24.3 Å². The average Bonchev–Trinajstić information content (AvgIpc) is 2.01. The molecule has 0 aliphatic carbocycles. The van der Waals surface area contributed by atoms with Gasteiger partial charge in [-0.3, -0.25) is 0 Å². The monoisotopic (exact) mass is 160 g/mol. The van der Waals surface area contributed by atoms with Gasteiger partial charge in [0.25, 0.3) is 0 Å². The van der Waals surface area contributed by atoms with Crippen LogP contribution in [0.1, 0.15) is 29.2 Å². The lowest BCUT2D eigenvalue weighted by Gasteiger charge is -2.05. The molecule has 0 saturated carbocycles.